The SMILES string of the molecule is [Cr][CH]1C=Cc2ccccc21. The predicted molar refractivity (Wildman–Crippen MR) is 38.2 cm³/mol. The maximum atomic E-state index is 3.11. The van der Waals surface area contributed by atoms with Crippen LogP contribution in [0.15, 0.2) is 30.3 Å². The zero-order valence-electron chi connectivity index (χ0n) is 5.45. The Hall–Kier alpha value is -0.508. The third kappa shape index (κ3) is 0.831. The van der Waals surface area contributed by atoms with Gasteiger partial charge < -0.3 is 0 Å². The molecular weight excluding hydrogens is 160 g/mol. The standard InChI is InChI=1S/C9H7.Cr/c1-2-5-9-7-3-6-8(9)4-1;/h1-7H;. The van der Waals surface area contributed by atoms with Crippen LogP contribution >= 0.6 is 0 Å². The van der Waals surface area contributed by atoms with Crippen molar-refractivity contribution in [3.8, 4) is 0 Å². The third-order valence-corrected chi connectivity index (χ3v) is 2.40. The summed E-state index contributed by atoms with van der Waals surface area (Å²) in [7, 11) is 0. The van der Waals surface area contributed by atoms with Gasteiger partial charge in [0.05, 0.1) is 0 Å². The minimum atomic E-state index is 0.496. The van der Waals surface area contributed by atoms with Gasteiger partial charge in [-0.15, -0.1) is 0 Å². The molecule has 0 aliphatic heterocycles. The van der Waals surface area contributed by atoms with Crippen LogP contribution < -0.4 is 0 Å². The van der Waals surface area contributed by atoms with Crippen LogP contribution in [0, 0.1) is 0 Å². The predicted octanol–water partition coefficient (Wildman–Crippen LogP) is 2.30. The van der Waals surface area contributed by atoms with Crippen molar-refractivity contribution in [3.63, 3.8) is 0 Å². The molecule has 0 aromatic heterocycles. The molecule has 0 amide bonds. The number of allylic oxidation sites excluding steroid dienone is 1. The second-order valence-electron chi connectivity index (χ2n) is 2.41. The van der Waals surface area contributed by atoms with Gasteiger partial charge in [-0.2, -0.15) is 0 Å². The topological polar surface area (TPSA) is 0 Å². The van der Waals surface area contributed by atoms with Gasteiger partial charge in [0.1, 0.15) is 0 Å². The molecule has 1 heteroatoms. The monoisotopic (exact) mass is 167 g/mol. The van der Waals surface area contributed by atoms with Crippen molar-refractivity contribution in [2.45, 2.75) is 4.78 Å². The molecule has 1 aromatic carbocycles. The Kier molecular flexibility index (Phi) is 1.41. The van der Waals surface area contributed by atoms with Gasteiger partial charge in [-0.25, -0.2) is 0 Å². The minimum absolute atomic E-state index is 0.496. The van der Waals surface area contributed by atoms with E-state index in [2.05, 4.69) is 52.7 Å². The van der Waals surface area contributed by atoms with Gasteiger partial charge in [0.2, 0.25) is 0 Å². The summed E-state index contributed by atoms with van der Waals surface area (Å²) in [4.78, 5) is 0. The van der Waals surface area contributed by atoms with Crippen LogP contribution in [0.4, 0.5) is 0 Å². The van der Waals surface area contributed by atoms with Crippen LogP contribution in [0.2, 0.25) is 0 Å². The summed E-state index contributed by atoms with van der Waals surface area (Å²) in [6, 6.07) is 8.46. The first-order chi connectivity index (χ1) is 4.88. The molecule has 0 nitrogen and oxygen atoms in total. The third-order valence-electron chi connectivity index (χ3n) is 1.75. The molecular formula is C9H7Cr. The Balaban J connectivity index is 2.59. The first-order valence-corrected chi connectivity index (χ1v) is 4.04. The van der Waals surface area contributed by atoms with E-state index in [4.69, 9.17) is 0 Å². The number of fused-ring (bicyclic) bond motifs is 1. The molecule has 0 saturated heterocycles. The van der Waals surface area contributed by atoms with E-state index in [1.54, 1.807) is 0 Å². The van der Waals surface area contributed by atoms with Gasteiger partial charge >= 0.3 is 68.6 Å². The Morgan fingerprint density at radius 3 is 2.80 bits per heavy atom. The average molecular weight is 167 g/mol. The molecule has 1 aliphatic carbocycles. The summed E-state index contributed by atoms with van der Waals surface area (Å²) in [5.74, 6) is 0. The van der Waals surface area contributed by atoms with Gasteiger partial charge in [-0.1, -0.05) is 0 Å². The summed E-state index contributed by atoms with van der Waals surface area (Å²) in [6.07, 6.45) is 4.35. The van der Waals surface area contributed by atoms with Gasteiger partial charge in [-0.3, -0.25) is 0 Å². The Bertz CT molecular complexity index is 276. The summed E-state index contributed by atoms with van der Waals surface area (Å²) in [5, 5.41) is 0. The van der Waals surface area contributed by atoms with Crippen molar-refractivity contribution in [2.24, 2.45) is 0 Å². The quantitative estimate of drug-likeness (QED) is 0.556. The summed E-state index contributed by atoms with van der Waals surface area (Å²) >= 11 is 3.11. The van der Waals surface area contributed by atoms with Crippen LogP contribution in [0.5, 0.6) is 0 Å². The van der Waals surface area contributed by atoms with E-state index >= 15 is 0 Å². The van der Waals surface area contributed by atoms with E-state index in [0.717, 1.165) is 0 Å². The van der Waals surface area contributed by atoms with Crippen LogP contribution in [0.3, 0.4) is 0 Å². The van der Waals surface area contributed by atoms with Crippen LogP contribution in [-0.4, -0.2) is 0 Å². The van der Waals surface area contributed by atoms with Crippen molar-refractivity contribution in [3.05, 3.63) is 41.5 Å². The molecule has 0 N–H and O–H groups in total. The first-order valence-electron chi connectivity index (χ1n) is 3.31. The second-order valence-corrected chi connectivity index (χ2v) is 3.20. The molecule has 0 bridgehead atoms. The van der Waals surface area contributed by atoms with Crippen molar-refractivity contribution < 1.29 is 16.3 Å². The zero-order chi connectivity index (χ0) is 6.97. The molecule has 0 radical (unpaired) electrons. The van der Waals surface area contributed by atoms with Crippen molar-refractivity contribution in [1.82, 2.24) is 0 Å². The fourth-order valence-corrected chi connectivity index (χ4v) is 1.67. The van der Waals surface area contributed by atoms with Gasteiger partial charge in [0.25, 0.3) is 0 Å². The van der Waals surface area contributed by atoms with Crippen LogP contribution in [0.25, 0.3) is 6.08 Å². The number of hydrogen-bond acceptors (Lipinski definition) is 0. The Morgan fingerprint density at radius 2 is 2.00 bits per heavy atom. The van der Waals surface area contributed by atoms with E-state index in [1.807, 2.05) is 0 Å². The molecule has 1 atom stereocenters. The summed E-state index contributed by atoms with van der Waals surface area (Å²) in [5.41, 5.74) is 2.76. The maximum absolute atomic E-state index is 3.11. The van der Waals surface area contributed by atoms with E-state index in [0.29, 0.717) is 4.78 Å². The number of hydrogen-bond donors (Lipinski definition) is 0. The molecule has 0 heterocycles. The van der Waals surface area contributed by atoms with E-state index in [-0.39, 0.29) is 0 Å². The van der Waals surface area contributed by atoms with Gasteiger partial charge in [0, 0.05) is 0 Å². The van der Waals surface area contributed by atoms with Gasteiger partial charge in [0.15, 0.2) is 0 Å². The molecule has 1 aliphatic rings. The molecule has 49 valence electrons. The average Bonchev–Trinajstić information content (AvgIpc) is 2.34. The molecule has 0 fully saturated rings. The Morgan fingerprint density at radius 1 is 1.20 bits per heavy atom. The molecule has 10 heavy (non-hydrogen) atoms. The van der Waals surface area contributed by atoms with Crippen molar-refractivity contribution >= 4 is 6.08 Å². The Labute approximate surface area is 69.0 Å². The number of benzene rings is 1. The fourth-order valence-electron chi connectivity index (χ4n) is 1.22. The van der Waals surface area contributed by atoms with Crippen molar-refractivity contribution in [1.29, 1.82) is 0 Å². The normalized spacial score (nSPS) is 21.0. The van der Waals surface area contributed by atoms with Crippen LogP contribution in [0.1, 0.15) is 15.9 Å². The molecule has 1 unspecified atom stereocenters. The summed E-state index contributed by atoms with van der Waals surface area (Å²) in [6.45, 7) is 0. The molecule has 0 spiro atoms. The van der Waals surface area contributed by atoms with E-state index in [1.165, 1.54) is 11.1 Å². The number of rotatable bonds is 0. The zero-order valence-corrected chi connectivity index (χ0v) is 6.72. The summed E-state index contributed by atoms with van der Waals surface area (Å²) < 4.78 is 0.496. The van der Waals surface area contributed by atoms with Crippen molar-refractivity contribution in [2.75, 3.05) is 0 Å². The molecule has 2 rings (SSSR count). The van der Waals surface area contributed by atoms with Gasteiger partial charge in [-0.05, 0) is 0 Å². The second kappa shape index (κ2) is 2.27. The van der Waals surface area contributed by atoms with E-state index in [9.17, 15) is 0 Å². The van der Waals surface area contributed by atoms with Crippen LogP contribution in [-0.2, 0) is 16.3 Å². The first kappa shape index (κ1) is 6.22. The fraction of sp³-hybridized carbons (Fsp3) is 0.111. The molecule has 1 aromatic rings. The van der Waals surface area contributed by atoms with E-state index < -0.39 is 0 Å². The molecule has 0 saturated carbocycles.